The molecular weight excluding hydrogens is 467 g/mol. The predicted octanol–water partition coefficient (Wildman–Crippen LogP) is 6.78. The van der Waals surface area contributed by atoms with Gasteiger partial charge in [0.15, 0.2) is 0 Å². The van der Waals surface area contributed by atoms with E-state index in [9.17, 15) is 9.90 Å². The molecule has 1 aliphatic heterocycles. The van der Waals surface area contributed by atoms with Gasteiger partial charge in [-0.05, 0) is 106 Å². The lowest BCUT2D eigenvalue weighted by Gasteiger charge is -2.38. The van der Waals surface area contributed by atoms with Gasteiger partial charge in [0.25, 0.3) is 0 Å². The molecule has 3 atom stereocenters. The number of hydrogen-bond acceptors (Lipinski definition) is 4. The number of benzene rings is 2. The summed E-state index contributed by atoms with van der Waals surface area (Å²) in [6.45, 7) is 4.84. The van der Waals surface area contributed by atoms with E-state index < -0.39 is 12.1 Å². The maximum absolute atomic E-state index is 15.5. The van der Waals surface area contributed by atoms with Gasteiger partial charge in [-0.1, -0.05) is 29.8 Å². The molecule has 1 aliphatic rings. The molecule has 1 fully saturated rings. The summed E-state index contributed by atoms with van der Waals surface area (Å²) in [5, 5.41) is 10.3. The molecule has 2 heterocycles. The summed E-state index contributed by atoms with van der Waals surface area (Å²) >= 11 is 0. The van der Waals surface area contributed by atoms with Gasteiger partial charge in [0.2, 0.25) is 0 Å². The highest BCUT2D eigenvalue weighted by molar-refractivity contribution is 5.83. The number of methoxy groups -OCH3 is 1. The molecule has 3 aromatic rings. The Labute approximate surface area is 219 Å². The minimum absolute atomic E-state index is 0.0600. The molecule has 6 heteroatoms. The molecule has 0 saturated carbocycles. The van der Waals surface area contributed by atoms with E-state index in [2.05, 4.69) is 41.1 Å². The first-order valence-corrected chi connectivity index (χ1v) is 13.5. The van der Waals surface area contributed by atoms with Gasteiger partial charge in [-0.3, -0.25) is 9.78 Å². The van der Waals surface area contributed by atoms with Crippen molar-refractivity contribution in [1.82, 2.24) is 9.88 Å². The number of unbranched alkanes of at least 4 members (excludes halogenated alkanes) is 1. The molecule has 198 valence electrons. The second kappa shape index (κ2) is 13.0. The number of carbonyl (C=O) groups is 1. The molecule has 2 aromatic carbocycles. The van der Waals surface area contributed by atoms with Crippen molar-refractivity contribution in [1.29, 1.82) is 0 Å². The molecule has 1 unspecified atom stereocenters. The van der Waals surface area contributed by atoms with Crippen LogP contribution in [0.1, 0.15) is 61.4 Å². The number of ether oxygens (including phenoxy) is 1. The predicted molar refractivity (Wildman–Crippen MR) is 146 cm³/mol. The molecule has 1 N–H and O–H groups in total. The molecule has 0 amide bonds. The second-order valence-electron chi connectivity index (χ2n) is 10.5. The summed E-state index contributed by atoms with van der Waals surface area (Å²) in [6, 6.07) is 16.0. The van der Waals surface area contributed by atoms with Crippen LogP contribution < -0.4 is 4.74 Å². The van der Waals surface area contributed by atoms with Crippen molar-refractivity contribution in [2.24, 2.45) is 11.8 Å². The molecule has 37 heavy (non-hydrogen) atoms. The third-order valence-corrected chi connectivity index (χ3v) is 7.83. The zero-order valence-corrected chi connectivity index (χ0v) is 22.0. The Hall–Kier alpha value is -2.99. The highest BCUT2D eigenvalue weighted by atomic mass is 19.1. The normalized spacial score (nSPS) is 19.1. The maximum atomic E-state index is 15.5. The number of pyridine rings is 1. The average molecular weight is 507 g/mol. The van der Waals surface area contributed by atoms with Crippen LogP contribution >= 0.6 is 0 Å². The lowest BCUT2D eigenvalue weighted by atomic mass is 9.79. The summed E-state index contributed by atoms with van der Waals surface area (Å²) in [6.07, 6.45) is 5.98. The fourth-order valence-corrected chi connectivity index (χ4v) is 5.68. The van der Waals surface area contributed by atoms with Crippen molar-refractivity contribution in [2.45, 2.75) is 58.0 Å². The van der Waals surface area contributed by atoms with E-state index in [0.717, 1.165) is 56.2 Å². The zero-order chi connectivity index (χ0) is 26.2. The lowest BCUT2D eigenvalue weighted by molar-refractivity contribution is -0.139. The fraction of sp³-hybridized carbons (Fsp3) is 0.484. The molecule has 1 saturated heterocycles. The Kier molecular flexibility index (Phi) is 9.51. The van der Waals surface area contributed by atoms with Crippen LogP contribution in [-0.2, 0) is 11.2 Å². The highest BCUT2D eigenvalue weighted by Gasteiger charge is 2.31. The summed E-state index contributed by atoms with van der Waals surface area (Å²) in [5.41, 5.74) is 4.03. The summed E-state index contributed by atoms with van der Waals surface area (Å²) < 4.78 is 20.8. The van der Waals surface area contributed by atoms with Crippen LogP contribution in [0.25, 0.3) is 10.9 Å². The number of likely N-dealkylation sites (tertiary alicyclic amines) is 1. The van der Waals surface area contributed by atoms with Crippen LogP contribution in [0.3, 0.4) is 0 Å². The van der Waals surface area contributed by atoms with Gasteiger partial charge in [-0.2, -0.15) is 0 Å². The quantitative estimate of drug-likeness (QED) is 0.274. The van der Waals surface area contributed by atoms with Crippen molar-refractivity contribution in [2.75, 3.05) is 26.7 Å². The highest BCUT2D eigenvalue weighted by Crippen LogP contribution is 2.36. The lowest BCUT2D eigenvalue weighted by Crippen LogP contribution is -2.41. The molecule has 0 aliphatic carbocycles. The van der Waals surface area contributed by atoms with E-state index in [1.165, 1.54) is 11.1 Å². The number of carboxylic acid groups (broad SMARTS) is 1. The van der Waals surface area contributed by atoms with Crippen LogP contribution in [-0.4, -0.2) is 47.7 Å². The number of piperidine rings is 1. The Bertz CT molecular complexity index is 1170. The van der Waals surface area contributed by atoms with Gasteiger partial charge < -0.3 is 14.7 Å². The number of rotatable bonds is 12. The molecule has 5 nitrogen and oxygen atoms in total. The first kappa shape index (κ1) is 27.1. The molecule has 0 bridgehead atoms. The van der Waals surface area contributed by atoms with Crippen molar-refractivity contribution >= 4 is 16.9 Å². The van der Waals surface area contributed by atoms with E-state index in [0.29, 0.717) is 24.2 Å². The SMILES string of the molecule is COc1ccc2nccc(C(F)CC[C@@H]3CCN(CCCCc4ccc(C)cc4)C[C@@H]3CC(=O)O)c2c1. The van der Waals surface area contributed by atoms with Crippen molar-refractivity contribution < 1.29 is 19.0 Å². The molecule has 0 spiro atoms. The number of halogens is 1. The minimum atomic E-state index is -1.12. The van der Waals surface area contributed by atoms with Gasteiger partial charge in [-0.25, -0.2) is 4.39 Å². The van der Waals surface area contributed by atoms with Crippen molar-refractivity contribution in [3.05, 3.63) is 71.4 Å². The summed E-state index contributed by atoms with van der Waals surface area (Å²) in [5.74, 6) is 0.201. The Morgan fingerprint density at radius 3 is 2.73 bits per heavy atom. The third-order valence-electron chi connectivity index (χ3n) is 7.83. The largest absolute Gasteiger partial charge is 0.497 e. The number of carboxylic acids is 1. The number of hydrogen-bond donors (Lipinski definition) is 1. The third kappa shape index (κ3) is 7.51. The summed E-state index contributed by atoms with van der Waals surface area (Å²) in [4.78, 5) is 18.4. The maximum Gasteiger partial charge on any atom is 0.303 e. The number of nitrogens with zero attached hydrogens (tertiary/aromatic N) is 2. The topological polar surface area (TPSA) is 62.7 Å². The minimum Gasteiger partial charge on any atom is -0.497 e. The van der Waals surface area contributed by atoms with E-state index in [1.807, 2.05) is 18.2 Å². The van der Waals surface area contributed by atoms with Crippen LogP contribution in [0.5, 0.6) is 5.75 Å². The van der Waals surface area contributed by atoms with Gasteiger partial charge >= 0.3 is 5.97 Å². The Morgan fingerprint density at radius 2 is 1.97 bits per heavy atom. The zero-order valence-electron chi connectivity index (χ0n) is 22.0. The number of aryl methyl sites for hydroxylation is 2. The Morgan fingerprint density at radius 1 is 1.16 bits per heavy atom. The Balaban J connectivity index is 1.30. The van der Waals surface area contributed by atoms with Crippen molar-refractivity contribution in [3.8, 4) is 5.75 Å². The molecule has 0 radical (unpaired) electrons. The van der Waals surface area contributed by atoms with Crippen LogP contribution in [0.2, 0.25) is 0 Å². The van der Waals surface area contributed by atoms with Crippen LogP contribution in [0, 0.1) is 18.8 Å². The number of fused-ring (bicyclic) bond motifs is 1. The number of aliphatic carboxylic acids is 1. The van der Waals surface area contributed by atoms with E-state index in [4.69, 9.17) is 4.74 Å². The molecule has 1 aromatic heterocycles. The molecule has 4 rings (SSSR count). The summed E-state index contributed by atoms with van der Waals surface area (Å²) in [7, 11) is 1.60. The number of alkyl halides is 1. The van der Waals surface area contributed by atoms with Gasteiger partial charge in [0, 0.05) is 24.5 Å². The van der Waals surface area contributed by atoms with Crippen molar-refractivity contribution in [3.63, 3.8) is 0 Å². The monoisotopic (exact) mass is 506 g/mol. The number of aromatic nitrogens is 1. The standard InChI is InChI=1S/C31H39FN2O3/c1-22-6-8-23(9-7-22)5-3-4-17-34-18-15-24(25(21-34)19-31(35)36)10-12-29(32)27-14-16-33-30-13-11-26(37-2)20-28(27)30/h6-9,11,13-14,16,20,24-25,29H,3-5,10,12,15,17-19,21H2,1-2H3,(H,35,36)/t24-,25+,29?/m1/s1. The van der Waals surface area contributed by atoms with Gasteiger partial charge in [-0.15, -0.1) is 0 Å². The van der Waals surface area contributed by atoms with E-state index in [-0.39, 0.29) is 18.3 Å². The van der Waals surface area contributed by atoms with E-state index in [1.54, 1.807) is 19.4 Å². The van der Waals surface area contributed by atoms with Gasteiger partial charge in [0.05, 0.1) is 12.6 Å². The smallest absolute Gasteiger partial charge is 0.303 e. The first-order valence-electron chi connectivity index (χ1n) is 13.5. The van der Waals surface area contributed by atoms with Crippen LogP contribution in [0.4, 0.5) is 4.39 Å². The fourth-order valence-electron chi connectivity index (χ4n) is 5.68. The van der Waals surface area contributed by atoms with E-state index >= 15 is 4.39 Å². The van der Waals surface area contributed by atoms with Crippen LogP contribution in [0.15, 0.2) is 54.7 Å². The van der Waals surface area contributed by atoms with Gasteiger partial charge in [0.1, 0.15) is 11.9 Å². The first-order chi connectivity index (χ1) is 17.9. The average Bonchev–Trinajstić information content (AvgIpc) is 2.90. The molecular formula is C31H39FN2O3. The second-order valence-corrected chi connectivity index (χ2v) is 10.5.